The third-order valence-electron chi connectivity index (χ3n) is 4.07. The fourth-order valence-corrected chi connectivity index (χ4v) is 4.01. The van der Waals surface area contributed by atoms with Crippen molar-refractivity contribution in [1.29, 1.82) is 0 Å². The Morgan fingerprint density at radius 2 is 2.14 bits per heavy atom. The minimum Gasteiger partial charge on any atom is -0.369 e. The molecule has 1 amide bonds. The molecule has 0 bridgehead atoms. The number of amides is 1. The lowest BCUT2D eigenvalue weighted by atomic mass is 10.1. The molecule has 1 aromatic carbocycles. The van der Waals surface area contributed by atoms with E-state index in [2.05, 4.69) is 47.2 Å². The molecule has 4 nitrogen and oxygen atoms in total. The molecule has 21 heavy (non-hydrogen) atoms. The lowest BCUT2D eigenvalue weighted by molar-refractivity contribution is -0.122. The van der Waals surface area contributed by atoms with Gasteiger partial charge in [0.15, 0.2) is 0 Å². The molecule has 0 aliphatic carbocycles. The van der Waals surface area contributed by atoms with Crippen molar-refractivity contribution in [1.82, 2.24) is 9.80 Å². The number of nitrogens with two attached hydrogens (primary N) is 1. The van der Waals surface area contributed by atoms with Crippen LogP contribution in [0.2, 0.25) is 0 Å². The van der Waals surface area contributed by atoms with Gasteiger partial charge < -0.3 is 10.6 Å². The Bertz CT molecular complexity index is 606. The summed E-state index contributed by atoms with van der Waals surface area (Å²) in [6.45, 7) is 4.38. The number of hydrogen-bond acceptors (Lipinski definition) is 4. The van der Waals surface area contributed by atoms with E-state index < -0.39 is 0 Å². The highest BCUT2D eigenvalue weighted by atomic mass is 32.1. The lowest BCUT2D eigenvalue weighted by Gasteiger charge is -2.21. The summed E-state index contributed by atoms with van der Waals surface area (Å²) >= 11 is 1.84. The molecule has 1 aliphatic rings. The molecule has 1 fully saturated rings. The Morgan fingerprint density at radius 3 is 2.90 bits per heavy atom. The average Bonchev–Trinajstić information content (AvgIpc) is 2.76. The molecular formula is C16H21N3OS. The van der Waals surface area contributed by atoms with Gasteiger partial charge in [-0.2, -0.15) is 0 Å². The van der Waals surface area contributed by atoms with Gasteiger partial charge in [0, 0.05) is 42.3 Å². The molecule has 2 heterocycles. The number of carbonyl (C=O) groups is 1. The van der Waals surface area contributed by atoms with Crippen LogP contribution in [0.1, 0.15) is 4.88 Å². The number of carbonyl (C=O) groups excluding carboxylic acids is 1. The van der Waals surface area contributed by atoms with Crippen molar-refractivity contribution < 1.29 is 4.79 Å². The van der Waals surface area contributed by atoms with Crippen LogP contribution in [-0.2, 0) is 11.3 Å². The standard InChI is InChI=1S/C16H21N3OS/c1-18-6-7-19(10-13(9-18)16(17)20)11-14-8-12-4-2-3-5-15(12)21-14/h2-5,8,13H,6-7,9-11H2,1H3,(H2,17,20)/t13-/m1/s1. The van der Waals surface area contributed by atoms with E-state index in [1.807, 2.05) is 11.3 Å². The smallest absolute Gasteiger partial charge is 0.223 e. The maximum atomic E-state index is 11.6. The first-order chi connectivity index (χ1) is 10.1. The Labute approximate surface area is 129 Å². The third-order valence-corrected chi connectivity index (χ3v) is 5.17. The number of nitrogens with zero attached hydrogens (tertiary/aromatic N) is 2. The summed E-state index contributed by atoms with van der Waals surface area (Å²) in [7, 11) is 2.05. The van der Waals surface area contributed by atoms with Gasteiger partial charge in [-0.05, 0) is 24.6 Å². The Morgan fingerprint density at radius 1 is 1.33 bits per heavy atom. The van der Waals surface area contributed by atoms with Gasteiger partial charge in [-0.1, -0.05) is 18.2 Å². The number of benzene rings is 1. The second-order valence-electron chi connectivity index (χ2n) is 5.85. The molecule has 1 aromatic heterocycles. The second-order valence-corrected chi connectivity index (χ2v) is 7.02. The molecule has 0 spiro atoms. The van der Waals surface area contributed by atoms with E-state index >= 15 is 0 Å². The van der Waals surface area contributed by atoms with Gasteiger partial charge in [-0.3, -0.25) is 9.69 Å². The summed E-state index contributed by atoms with van der Waals surface area (Å²) in [5.74, 6) is -0.267. The van der Waals surface area contributed by atoms with Crippen LogP contribution in [0.5, 0.6) is 0 Å². The molecule has 0 saturated carbocycles. The topological polar surface area (TPSA) is 49.6 Å². The van der Waals surface area contributed by atoms with Crippen LogP contribution in [0.25, 0.3) is 10.1 Å². The quantitative estimate of drug-likeness (QED) is 0.940. The van der Waals surface area contributed by atoms with E-state index in [4.69, 9.17) is 5.73 Å². The van der Waals surface area contributed by atoms with Crippen LogP contribution in [-0.4, -0.2) is 48.9 Å². The molecule has 2 N–H and O–H groups in total. The molecule has 1 aliphatic heterocycles. The van der Waals surface area contributed by atoms with Crippen LogP contribution < -0.4 is 5.73 Å². The Kier molecular flexibility index (Phi) is 4.24. The van der Waals surface area contributed by atoms with E-state index in [-0.39, 0.29) is 11.8 Å². The van der Waals surface area contributed by atoms with Crippen LogP contribution in [0.3, 0.4) is 0 Å². The van der Waals surface area contributed by atoms with Gasteiger partial charge in [-0.15, -0.1) is 11.3 Å². The van der Waals surface area contributed by atoms with Gasteiger partial charge in [-0.25, -0.2) is 0 Å². The Balaban J connectivity index is 1.74. The molecule has 5 heteroatoms. The summed E-state index contributed by atoms with van der Waals surface area (Å²) in [4.78, 5) is 17.5. The number of likely N-dealkylation sites (N-methyl/N-ethyl adjacent to an activating group) is 1. The molecule has 0 radical (unpaired) electrons. The van der Waals surface area contributed by atoms with Crippen LogP contribution >= 0.6 is 11.3 Å². The van der Waals surface area contributed by atoms with Crippen LogP contribution in [0, 0.1) is 5.92 Å². The van der Waals surface area contributed by atoms with E-state index in [9.17, 15) is 4.79 Å². The first kappa shape index (κ1) is 14.5. The highest BCUT2D eigenvalue weighted by Crippen LogP contribution is 2.26. The maximum Gasteiger partial charge on any atom is 0.223 e. The molecule has 1 saturated heterocycles. The fourth-order valence-electron chi connectivity index (χ4n) is 2.90. The fraction of sp³-hybridized carbons (Fsp3) is 0.438. The highest BCUT2D eigenvalue weighted by molar-refractivity contribution is 7.19. The van der Waals surface area contributed by atoms with E-state index in [0.29, 0.717) is 0 Å². The zero-order valence-electron chi connectivity index (χ0n) is 12.3. The summed E-state index contributed by atoms with van der Waals surface area (Å²) in [6, 6.07) is 10.7. The number of fused-ring (bicyclic) bond motifs is 1. The van der Waals surface area contributed by atoms with E-state index in [1.165, 1.54) is 15.0 Å². The summed E-state index contributed by atoms with van der Waals surface area (Å²) in [5, 5.41) is 1.30. The summed E-state index contributed by atoms with van der Waals surface area (Å²) < 4.78 is 1.32. The van der Waals surface area contributed by atoms with Crippen LogP contribution in [0.4, 0.5) is 0 Å². The largest absolute Gasteiger partial charge is 0.369 e. The molecule has 3 rings (SSSR count). The Hall–Kier alpha value is -1.43. The summed E-state index contributed by atoms with van der Waals surface area (Å²) in [6.07, 6.45) is 0. The van der Waals surface area contributed by atoms with Crippen molar-refractivity contribution in [3.8, 4) is 0 Å². The zero-order chi connectivity index (χ0) is 14.8. The monoisotopic (exact) mass is 303 g/mol. The van der Waals surface area contributed by atoms with Gasteiger partial charge in [0.2, 0.25) is 5.91 Å². The van der Waals surface area contributed by atoms with Crippen molar-refractivity contribution in [2.45, 2.75) is 6.54 Å². The second kappa shape index (κ2) is 6.13. The van der Waals surface area contributed by atoms with Gasteiger partial charge >= 0.3 is 0 Å². The minimum absolute atomic E-state index is 0.0770. The lowest BCUT2D eigenvalue weighted by Crippen LogP contribution is -2.37. The number of primary amides is 1. The van der Waals surface area contributed by atoms with Gasteiger partial charge in [0.25, 0.3) is 0 Å². The molecule has 2 aromatic rings. The number of rotatable bonds is 3. The van der Waals surface area contributed by atoms with Crippen molar-refractivity contribution in [2.75, 3.05) is 33.2 Å². The average molecular weight is 303 g/mol. The molecule has 0 unspecified atom stereocenters. The zero-order valence-corrected chi connectivity index (χ0v) is 13.1. The SMILES string of the molecule is CN1CCN(Cc2cc3ccccc3s2)C[C@H](C(N)=O)C1. The van der Waals surface area contributed by atoms with Crippen LogP contribution in [0.15, 0.2) is 30.3 Å². The van der Waals surface area contributed by atoms with E-state index in [1.54, 1.807) is 0 Å². The maximum absolute atomic E-state index is 11.6. The van der Waals surface area contributed by atoms with Crippen molar-refractivity contribution in [3.63, 3.8) is 0 Å². The third kappa shape index (κ3) is 3.43. The normalized spacial score (nSPS) is 21.5. The predicted molar refractivity (Wildman–Crippen MR) is 87.3 cm³/mol. The van der Waals surface area contributed by atoms with Crippen molar-refractivity contribution >= 4 is 27.3 Å². The first-order valence-corrected chi connectivity index (χ1v) is 8.11. The van der Waals surface area contributed by atoms with Gasteiger partial charge in [0.1, 0.15) is 0 Å². The number of hydrogen-bond donors (Lipinski definition) is 1. The minimum atomic E-state index is -0.190. The molecule has 1 atom stereocenters. The predicted octanol–water partition coefficient (Wildman–Crippen LogP) is 1.75. The highest BCUT2D eigenvalue weighted by Gasteiger charge is 2.25. The first-order valence-electron chi connectivity index (χ1n) is 7.29. The van der Waals surface area contributed by atoms with Crippen molar-refractivity contribution in [3.05, 3.63) is 35.2 Å². The van der Waals surface area contributed by atoms with Crippen molar-refractivity contribution in [2.24, 2.45) is 11.7 Å². The molecule has 112 valence electrons. The number of thiophene rings is 1. The molecular weight excluding hydrogens is 282 g/mol. The summed E-state index contributed by atoms with van der Waals surface area (Å²) in [5.41, 5.74) is 5.53. The van der Waals surface area contributed by atoms with E-state index in [0.717, 1.165) is 32.7 Å². The van der Waals surface area contributed by atoms with Gasteiger partial charge in [0.05, 0.1) is 5.92 Å².